The first kappa shape index (κ1) is 27.2. The van der Waals surface area contributed by atoms with Gasteiger partial charge in [-0.05, 0) is 97.4 Å². The highest BCUT2D eigenvalue weighted by Gasteiger charge is 2.18. The monoisotopic (exact) mass is 627 g/mol. The maximum absolute atomic E-state index is 2.40. The highest BCUT2D eigenvalue weighted by Crippen LogP contribution is 2.44. The van der Waals surface area contributed by atoms with E-state index in [0.717, 1.165) is 11.4 Å². The van der Waals surface area contributed by atoms with Gasteiger partial charge in [0.15, 0.2) is 0 Å². The Morgan fingerprint density at radius 3 is 1.85 bits per heavy atom. The zero-order valence-electron chi connectivity index (χ0n) is 26.1. The summed E-state index contributed by atoms with van der Waals surface area (Å²) in [6.45, 7) is 0. The van der Waals surface area contributed by atoms with Gasteiger partial charge in [0.1, 0.15) is 0 Å². The van der Waals surface area contributed by atoms with Crippen LogP contribution in [0.5, 0.6) is 0 Å². The lowest BCUT2D eigenvalue weighted by atomic mass is 9.91. The predicted octanol–water partition coefficient (Wildman–Crippen LogP) is 13.8. The van der Waals surface area contributed by atoms with Crippen molar-refractivity contribution in [2.75, 3.05) is 4.90 Å². The second-order valence-electron chi connectivity index (χ2n) is 12.5. The van der Waals surface area contributed by atoms with Crippen LogP contribution in [0.25, 0.3) is 74.4 Å². The molecule has 0 aliphatic heterocycles. The molecule has 1 nitrogen and oxygen atoms in total. The molecule has 224 valence electrons. The minimum Gasteiger partial charge on any atom is -0.310 e. The van der Waals surface area contributed by atoms with Crippen LogP contribution in [0, 0.1) is 0 Å². The van der Waals surface area contributed by atoms with Gasteiger partial charge >= 0.3 is 0 Å². The Kier molecular flexibility index (Phi) is 6.12. The number of thiophene rings is 1. The van der Waals surface area contributed by atoms with Gasteiger partial charge in [0.05, 0.1) is 5.69 Å². The van der Waals surface area contributed by atoms with E-state index in [0.29, 0.717) is 0 Å². The van der Waals surface area contributed by atoms with E-state index in [2.05, 4.69) is 181 Å². The number of fused-ring (bicyclic) bond motifs is 9. The average molecular weight is 628 g/mol. The topological polar surface area (TPSA) is 3.24 Å². The van der Waals surface area contributed by atoms with E-state index in [9.17, 15) is 0 Å². The Morgan fingerprint density at radius 2 is 1.00 bits per heavy atom. The first-order chi connectivity index (χ1) is 23.8. The summed E-state index contributed by atoms with van der Waals surface area (Å²) in [5, 5.41) is 12.8. The number of anilines is 3. The Morgan fingerprint density at radius 1 is 0.354 bits per heavy atom. The van der Waals surface area contributed by atoms with Crippen LogP contribution < -0.4 is 4.90 Å². The molecule has 1 heterocycles. The molecule has 2 heteroatoms. The number of rotatable bonds is 4. The molecule has 0 fully saturated rings. The molecule has 0 saturated heterocycles. The second kappa shape index (κ2) is 10.8. The molecule has 9 aromatic carbocycles. The van der Waals surface area contributed by atoms with Crippen molar-refractivity contribution < 1.29 is 0 Å². The third-order valence-corrected chi connectivity index (χ3v) is 10.9. The van der Waals surface area contributed by atoms with E-state index >= 15 is 0 Å². The Balaban J connectivity index is 1.17. The number of nitrogens with zero attached hydrogens (tertiary/aromatic N) is 1. The zero-order valence-corrected chi connectivity index (χ0v) is 26.9. The number of hydrogen-bond acceptors (Lipinski definition) is 2. The normalized spacial score (nSPS) is 11.8. The number of para-hydroxylation sites is 1. The van der Waals surface area contributed by atoms with Crippen LogP contribution in [0.3, 0.4) is 0 Å². The van der Waals surface area contributed by atoms with Gasteiger partial charge in [-0.3, -0.25) is 0 Å². The number of benzene rings is 9. The summed E-state index contributed by atoms with van der Waals surface area (Å²) in [6, 6.07) is 64.5. The molecule has 0 amide bonds. The van der Waals surface area contributed by atoms with Crippen LogP contribution in [-0.4, -0.2) is 0 Å². The van der Waals surface area contributed by atoms with Gasteiger partial charge in [0, 0.05) is 36.9 Å². The molecule has 0 spiro atoms. The Bertz CT molecular complexity index is 2820. The Hall–Kier alpha value is -5.96. The largest absolute Gasteiger partial charge is 0.310 e. The summed E-state index contributed by atoms with van der Waals surface area (Å²) in [7, 11) is 0. The van der Waals surface area contributed by atoms with Crippen LogP contribution in [-0.2, 0) is 0 Å². The SMILES string of the molecule is c1ccc(N(c2ccc(-c3cccc4ccc5ccc6ccccc6c5c34)cc2)c2cccc3cc4sc5ccccc5c4cc23)cc1. The molecule has 0 radical (unpaired) electrons. The van der Waals surface area contributed by atoms with Gasteiger partial charge in [-0.1, -0.05) is 127 Å². The van der Waals surface area contributed by atoms with E-state index in [1.807, 2.05) is 11.3 Å². The molecular formula is C46H29NS. The van der Waals surface area contributed by atoms with Gasteiger partial charge < -0.3 is 4.90 Å². The van der Waals surface area contributed by atoms with Crippen LogP contribution in [0.2, 0.25) is 0 Å². The molecule has 0 saturated carbocycles. The van der Waals surface area contributed by atoms with Crippen molar-refractivity contribution in [3.63, 3.8) is 0 Å². The van der Waals surface area contributed by atoms with Gasteiger partial charge in [0.2, 0.25) is 0 Å². The molecule has 0 N–H and O–H groups in total. The van der Waals surface area contributed by atoms with Gasteiger partial charge in [-0.2, -0.15) is 0 Å². The maximum Gasteiger partial charge on any atom is 0.0540 e. The van der Waals surface area contributed by atoms with Gasteiger partial charge in [0.25, 0.3) is 0 Å². The minimum absolute atomic E-state index is 1.13. The number of hydrogen-bond donors (Lipinski definition) is 0. The van der Waals surface area contributed by atoms with Crippen molar-refractivity contribution in [2.24, 2.45) is 0 Å². The molecular weight excluding hydrogens is 599 g/mol. The molecule has 48 heavy (non-hydrogen) atoms. The fourth-order valence-corrected chi connectivity index (χ4v) is 8.72. The van der Waals surface area contributed by atoms with Crippen molar-refractivity contribution in [3.05, 3.63) is 176 Å². The van der Waals surface area contributed by atoms with Crippen molar-refractivity contribution in [2.45, 2.75) is 0 Å². The maximum atomic E-state index is 2.40. The summed E-state index contributed by atoms with van der Waals surface area (Å²) in [5.41, 5.74) is 5.90. The molecule has 0 aliphatic carbocycles. The van der Waals surface area contributed by atoms with Crippen LogP contribution >= 0.6 is 11.3 Å². The first-order valence-electron chi connectivity index (χ1n) is 16.4. The van der Waals surface area contributed by atoms with Gasteiger partial charge in [-0.15, -0.1) is 11.3 Å². The molecule has 0 atom stereocenters. The fraction of sp³-hybridized carbons (Fsp3) is 0. The smallest absolute Gasteiger partial charge is 0.0540 e. The minimum atomic E-state index is 1.13. The quantitative estimate of drug-likeness (QED) is 0.176. The van der Waals surface area contributed by atoms with Crippen LogP contribution in [0.1, 0.15) is 0 Å². The fourth-order valence-electron chi connectivity index (χ4n) is 7.58. The third kappa shape index (κ3) is 4.24. The predicted molar refractivity (Wildman–Crippen MR) is 209 cm³/mol. The summed E-state index contributed by atoms with van der Waals surface area (Å²) >= 11 is 1.87. The first-order valence-corrected chi connectivity index (χ1v) is 17.2. The second-order valence-corrected chi connectivity index (χ2v) is 13.6. The lowest BCUT2D eigenvalue weighted by Crippen LogP contribution is -2.10. The zero-order chi connectivity index (χ0) is 31.6. The molecule has 10 rings (SSSR count). The summed E-state index contributed by atoms with van der Waals surface area (Å²) < 4.78 is 2.65. The van der Waals surface area contributed by atoms with Crippen molar-refractivity contribution >= 4 is 91.7 Å². The van der Waals surface area contributed by atoms with E-state index in [1.165, 1.54) is 80.1 Å². The standard InChI is InChI=1S/C46H29NS/c1-2-13-35(14-3-1)47(42-18-9-12-34-28-44-41(29-40(34)42)39-16-6-7-19-43(39)48-44)36-26-24-31(25-27-36)38-17-8-11-32-22-23-33-21-20-30-10-4-5-15-37(30)46(33)45(32)38/h1-29H. The lowest BCUT2D eigenvalue weighted by Gasteiger charge is -2.27. The van der Waals surface area contributed by atoms with E-state index in [-0.39, 0.29) is 0 Å². The van der Waals surface area contributed by atoms with Crippen molar-refractivity contribution in [1.82, 2.24) is 0 Å². The molecule has 10 aromatic rings. The highest BCUT2D eigenvalue weighted by molar-refractivity contribution is 7.25. The molecule has 0 aliphatic rings. The summed E-state index contributed by atoms with van der Waals surface area (Å²) in [5.74, 6) is 0. The lowest BCUT2D eigenvalue weighted by molar-refractivity contribution is 1.30. The average Bonchev–Trinajstić information content (AvgIpc) is 3.52. The van der Waals surface area contributed by atoms with E-state index in [4.69, 9.17) is 0 Å². The van der Waals surface area contributed by atoms with Crippen LogP contribution in [0.4, 0.5) is 17.1 Å². The Labute approximate surface area is 282 Å². The van der Waals surface area contributed by atoms with E-state index in [1.54, 1.807) is 0 Å². The van der Waals surface area contributed by atoms with E-state index < -0.39 is 0 Å². The summed E-state index contributed by atoms with van der Waals surface area (Å²) in [6.07, 6.45) is 0. The highest BCUT2D eigenvalue weighted by atomic mass is 32.1. The summed E-state index contributed by atoms with van der Waals surface area (Å²) in [4.78, 5) is 2.40. The van der Waals surface area contributed by atoms with Gasteiger partial charge in [-0.25, -0.2) is 0 Å². The molecule has 1 aromatic heterocycles. The van der Waals surface area contributed by atoms with Crippen molar-refractivity contribution in [3.8, 4) is 11.1 Å². The molecule has 0 unspecified atom stereocenters. The molecule has 0 bridgehead atoms. The van der Waals surface area contributed by atoms with Crippen molar-refractivity contribution in [1.29, 1.82) is 0 Å². The van der Waals surface area contributed by atoms with Crippen LogP contribution in [0.15, 0.2) is 176 Å². The third-order valence-electron chi connectivity index (χ3n) is 9.80.